The minimum atomic E-state index is -1.05. The van der Waals surface area contributed by atoms with Crippen LogP contribution < -0.4 is 21.3 Å². The predicted octanol–water partition coefficient (Wildman–Crippen LogP) is 0.0137. The quantitative estimate of drug-likeness (QED) is 0.495. The lowest BCUT2D eigenvalue weighted by molar-refractivity contribution is -0.136. The molecule has 0 radical (unpaired) electrons. The number of benzene rings is 1. The molecule has 2 amide bonds. The Labute approximate surface area is 92.7 Å². The first kappa shape index (κ1) is 11.8. The van der Waals surface area contributed by atoms with Crippen molar-refractivity contribution >= 4 is 17.5 Å². The fraction of sp³-hybridized carbons (Fsp3) is 0.200. The number of hydrazine groups is 1. The van der Waals surface area contributed by atoms with Crippen LogP contribution in [0.5, 0.6) is 5.75 Å². The van der Waals surface area contributed by atoms with Gasteiger partial charge >= 0.3 is 11.8 Å². The van der Waals surface area contributed by atoms with E-state index in [-0.39, 0.29) is 0 Å². The molecule has 0 unspecified atom stereocenters. The average Bonchev–Trinajstić information content (AvgIpc) is 2.27. The Morgan fingerprint density at radius 3 is 2.69 bits per heavy atom. The molecule has 0 aromatic heterocycles. The van der Waals surface area contributed by atoms with Crippen molar-refractivity contribution < 1.29 is 14.3 Å². The number of amides is 2. The van der Waals surface area contributed by atoms with E-state index in [9.17, 15) is 9.59 Å². The Bertz CT molecular complexity index is 393. The molecule has 4 N–H and O–H groups in total. The fourth-order valence-electron chi connectivity index (χ4n) is 1.04. The number of ether oxygens (including phenoxy) is 1. The molecule has 0 bridgehead atoms. The summed E-state index contributed by atoms with van der Waals surface area (Å²) in [4.78, 5) is 21.4. The number of carbonyl (C=O) groups excluding carboxylic acids is 2. The van der Waals surface area contributed by atoms with Crippen molar-refractivity contribution in [3.05, 3.63) is 24.3 Å². The third-order valence-electron chi connectivity index (χ3n) is 1.72. The Morgan fingerprint density at radius 2 is 2.06 bits per heavy atom. The molecule has 0 atom stereocenters. The van der Waals surface area contributed by atoms with Gasteiger partial charge in [0, 0.05) is 0 Å². The molecule has 0 aliphatic heterocycles. The summed E-state index contributed by atoms with van der Waals surface area (Å²) in [6.07, 6.45) is 0. The summed E-state index contributed by atoms with van der Waals surface area (Å²) in [6.45, 7) is 2.35. The van der Waals surface area contributed by atoms with Crippen molar-refractivity contribution in [2.75, 3.05) is 12.0 Å². The number of rotatable bonds is 4. The first-order valence-corrected chi connectivity index (χ1v) is 4.72. The molecule has 1 aromatic carbocycles. The Morgan fingerprint density at radius 1 is 1.38 bits per heavy atom. The largest absolute Gasteiger partial charge is 0.492 e. The molecule has 0 heterocycles. The number of carbonyl (C=O) groups is 2. The van der Waals surface area contributed by atoms with Gasteiger partial charge in [-0.3, -0.25) is 20.4 Å². The Balaban J connectivity index is 2.66. The van der Waals surface area contributed by atoms with Crippen molar-refractivity contribution in [3.63, 3.8) is 0 Å². The molecule has 1 aromatic rings. The van der Waals surface area contributed by atoms with Crippen LogP contribution in [0.1, 0.15) is 6.92 Å². The molecule has 1 rings (SSSR count). The maximum absolute atomic E-state index is 10.9. The second kappa shape index (κ2) is 5.59. The first-order chi connectivity index (χ1) is 7.65. The molecule has 0 saturated carbocycles. The van der Waals surface area contributed by atoms with E-state index < -0.39 is 11.8 Å². The summed E-state index contributed by atoms with van der Waals surface area (Å²) >= 11 is 0. The molecule has 86 valence electrons. The number of hydrogen-bond acceptors (Lipinski definition) is 4. The van der Waals surface area contributed by atoms with Gasteiger partial charge in [-0.2, -0.15) is 0 Å². The van der Waals surface area contributed by atoms with Gasteiger partial charge in [-0.15, -0.1) is 0 Å². The second-order valence-electron chi connectivity index (χ2n) is 2.87. The van der Waals surface area contributed by atoms with E-state index in [1.54, 1.807) is 24.3 Å². The van der Waals surface area contributed by atoms with E-state index in [1.807, 2.05) is 6.92 Å². The van der Waals surface area contributed by atoms with Crippen LogP contribution in [0, 0.1) is 0 Å². The molecular formula is C10H13N3O3. The highest BCUT2D eigenvalue weighted by Crippen LogP contribution is 2.22. The van der Waals surface area contributed by atoms with Gasteiger partial charge in [0.25, 0.3) is 0 Å². The smallest absolute Gasteiger partial charge is 0.327 e. The number of hydrogen-bond donors (Lipinski definition) is 3. The van der Waals surface area contributed by atoms with E-state index in [4.69, 9.17) is 10.5 Å². The van der Waals surface area contributed by atoms with Crippen LogP contribution in [0.4, 0.5) is 5.69 Å². The number of nitrogens with one attached hydrogen (secondary N) is 2. The molecule has 0 spiro atoms. The maximum Gasteiger partial charge on any atom is 0.327 e. The molecule has 0 saturated heterocycles. The molecule has 6 heteroatoms. The van der Waals surface area contributed by atoms with Crippen molar-refractivity contribution in [2.24, 2.45) is 5.73 Å². The highest BCUT2D eigenvalue weighted by molar-refractivity contribution is 6.34. The van der Waals surface area contributed by atoms with Crippen LogP contribution in [-0.4, -0.2) is 18.4 Å². The summed E-state index contributed by atoms with van der Waals surface area (Å²) < 4.78 is 5.30. The van der Waals surface area contributed by atoms with Crippen LogP contribution in [0.2, 0.25) is 0 Å². The summed E-state index contributed by atoms with van der Waals surface area (Å²) in [5.74, 6) is -1.39. The molecule has 0 fully saturated rings. The minimum absolute atomic E-state index is 0.502. The number of para-hydroxylation sites is 2. The fourth-order valence-corrected chi connectivity index (χ4v) is 1.04. The number of nitrogens with two attached hydrogens (primary N) is 1. The van der Waals surface area contributed by atoms with Gasteiger partial charge in [-0.25, -0.2) is 0 Å². The lowest BCUT2D eigenvalue weighted by atomic mass is 10.3. The molecular weight excluding hydrogens is 210 g/mol. The highest BCUT2D eigenvalue weighted by Gasteiger charge is 2.08. The lowest BCUT2D eigenvalue weighted by Crippen LogP contribution is -2.39. The zero-order valence-electron chi connectivity index (χ0n) is 8.82. The highest BCUT2D eigenvalue weighted by atomic mass is 16.5. The number of anilines is 1. The first-order valence-electron chi connectivity index (χ1n) is 4.72. The second-order valence-corrected chi connectivity index (χ2v) is 2.87. The zero-order chi connectivity index (χ0) is 12.0. The predicted molar refractivity (Wildman–Crippen MR) is 58.6 cm³/mol. The van der Waals surface area contributed by atoms with Crippen molar-refractivity contribution in [3.8, 4) is 5.75 Å². The summed E-state index contributed by atoms with van der Waals surface area (Å²) in [6, 6.07) is 7.00. The van der Waals surface area contributed by atoms with Gasteiger partial charge in [-0.1, -0.05) is 12.1 Å². The van der Waals surface area contributed by atoms with Crippen LogP contribution in [0.3, 0.4) is 0 Å². The van der Waals surface area contributed by atoms with E-state index in [1.165, 1.54) is 0 Å². The van der Waals surface area contributed by atoms with Crippen LogP contribution >= 0.6 is 0 Å². The Kier molecular flexibility index (Phi) is 4.14. The maximum atomic E-state index is 10.9. The third kappa shape index (κ3) is 3.16. The lowest BCUT2D eigenvalue weighted by Gasteiger charge is -2.11. The molecule has 6 nitrogen and oxygen atoms in total. The molecule has 16 heavy (non-hydrogen) atoms. The zero-order valence-corrected chi connectivity index (χ0v) is 8.82. The van der Waals surface area contributed by atoms with Gasteiger partial charge < -0.3 is 10.5 Å². The monoisotopic (exact) mass is 223 g/mol. The topological polar surface area (TPSA) is 93.4 Å². The van der Waals surface area contributed by atoms with E-state index >= 15 is 0 Å². The summed E-state index contributed by atoms with van der Waals surface area (Å²) in [7, 11) is 0. The molecule has 0 aliphatic carbocycles. The van der Waals surface area contributed by atoms with Gasteiger partial charge in [0.15, 0.2) is 0 Å². The summed E-state index contributed by atoms with van der Waals surface area (Å²) in [5, 5.41) is 0. The minimum Gasteiger partial charge on any atom is -0.492 e. The van der Waals surface area contributed by atoms with Crippen molar-refractivity contribution in [1.82, 2.24) is 5.43 Å². The standard InChI is InChI=1S/C10H13N3O3/c1-2-16-8-6-4-3-5-7(8)12-13-10(15)9(11)14/h3-6,12H,2H2,1H3,(H2,11,14)(H,13,15). The van der Waals surface area contributed by atoms with Crippen molar-refractivity contribution in [1.29, 1.82) is 0 Å². The van der Waals surface area contributed by atoms with Gasteiger partial charge in [0.2, 0.25) is 0 Å². The number of primary amides is 1. The van der Waals surface area contributed by atoms with Crippen LogP contribution in [-0.2, 0) is 9.59 Å². The van der Waals surface area contributed by atoms with Crippen LogP contribution in [0.25, 0.3) is 0 Å². The SMILES string of the molecule is CCOc1ccccc1NNC(=O)C(N)=O. The molecule has 0 aliphatic rings. The third-order valence-corrected chi connectivity index (χ3v) is 1.72. The normalized spacial score (nSPS) is 9.31. The van der Waals surface area contributed by atoms with Crippen LogP contribution in [0.15, 0.2) is 24.3 Å². The summed E-state index contributed by atoms with van der Waals surface area (Å²) in [5.41, 5.74) is 10.0. The Hall–Kier alpha value is -2.24. The van der Waals surface area contributed by atoms with Gasteiger partial charge in [-0.05, 0) is 19.1 Å². The van der Waals surface area contributed by atoms with Gasteiger partial charge in [0.1, 0.15) is 5.75 Å². The average molecular weight is 223 g/mol. The van der Waals surface area contributed by atoms with Gasteiger partial charge in [0.05, 0.1) is 12.3 Å². The van der Waals surface area contributed by atoms with E-state index in [0.717, 1.165) is 0 Å². The van der Waals surface area contributed by atoms with E-state index in [0.29, 0.717) is 18.0 Å². The van der Waals surface area contributed by atoms with E-state index in [2.05, 4.69) is 10.9 Å². The van der Waals surface area contributed by atoms with Crippen molar-refractivity contribution in [2.45, 2.75) is 6.92 Å².